The minimum atomic E-state index is -1.97. The molecule has 0 aromatic heterocycles. The van der Waals surface area contributed by atoms with Gasteiger partial charge < -0.3 is 59.4 Å². The van der Waals surface area contributed by atoms with Crippen molar-refractivity contribution in [1.82, 2.24) is 0 Å². The van der Waals surface area contributed by atoms with Gasteiger partial charge in [-0.1, -0.05) is 24.3 Å². The zero-order chi connectivity index (χ0) is 37.4. The Kier molecular flexibility index (Phi) is 9.74. The van der Waals surface area contributed by atoms with Gasteiger partial charge in [-0.3, -0.25) is 5.41 Å². The molecule has 1 aliphatic carbocycles. The third-order valence-corrected chi connectivity index (χ3v) is 9.67. The molecule has 0 spiro atoms. The van der Waals surface area contributed by atoms with Gasteiger partial charge in [-0.2, -0.15) is 0 Å². The molecule has 278 valence electrons. The Bertz CT molecular complexity index is 1990. The monoisotopic (exact) mass is 730 g/mol. The summed E-state index contributed by atoms with van der Waals surface area (Å²) >= 11 is 0. The van der Waals surface area contributed by atoms with Crippen molar-refractivity contribution in [2.24, 2.45) is 4.99 Å². The number of aromatic hydroxyl groups is 2. The Labute approximate surface area is 302 Å². The molecule has 3 heterocycles. The number of hydrogen-bond acceptors (Lipinski definition) is 13. The number of hydrogen-bond donors (Lipinski definition) is 8. The van der Waals surface area contributed by atoms with Crippen molar-refractivity contribution >= 4 is 23.3 Å². The molecule has 3 aromatic rings. The van der Waals surface area contributed by atoms with Gasteiger partial charge in [-0.15, -0.1) is 0 Å². The molecule has 0 bridgehead atoms. The van der Waals surface area contributed by atoms with Gasteiger partial charge >= 0.3 is 5.97 Å². The number of phenolic OH excluding ortho intramolecular Hbond substituents is 2. The molecule has 7 rings (SSSR count). The molecular formula is C38H38N2O13. The Balaban J connectivity index is 1.21. The number of carbonyl (C=O) groups is 1. The van der Waals surface area contributed by atoms with E-state index < -0.39 is 54.1 Å². The van der Waals surface area contributed by atoms with Crippen molar-refractivity contribution in [3.05, 3.63) is 89.5 Å². The van der Waals surface area contributed by atoms with Crippen molar-refractivity contribution in [3.8, 4) is 34.5 Å². The maximum Gasteiger partial charge on any atom is 0.335 e. The number of aliphatic hydroxyl groups is 4. The Morgan fingerprint density at radius 3 is 2.40 bits per heavy atom. The van der Waals surface area contributed by atoms with Crippen LogP contribution in [-0.4, -0.2) is 90.6 Å². The summed E-state index contributed by atoms with van der Waals surface area (Å²) in [5, 5.41) is 82.1. The number of ether oxygens (including phenoxy) is 5. The predicted octanol–water partition coefficient (Wildman–Crippen LogP) is 4.01. The van der Waals surface area contributed by atoms with Gasteiger partial charge in [0, 0.05) is 24.3 Å². The number of phenols is 2. The van der Waals surface area contributed by atoms with E-state index in [1.165, 1.54) is 18.2 Å². The minimum Gasteiger partial charge on any atom is -0.508 e. The van der Waals surface area contributed by atoms with E-state index in [9.17, 15) is 40.5 Å². The first-order valence-electron chi connectivity index (χ1n) is 17.0. The molecule has 53 heavy (non-hydrogen) atoms. The average Bonchev–Trinajstić information content (AvgIpc) is 3.79. The van der Waals surface area contributed by atoms with Crippen LogP contribution in [0.3, 0.4) is 0 Å². The summed E-state index contributed by atoms with van der Waals surface area (Å²) in [6.07, 6.45) is -2.86. The van der Waals surface area contributed by atoms with Crippen molar-refractivity contribution < 1.29 is 64.2 Å². The van der Waals surface area contributed by atoms with Crippen LogP contribution in [-0.2, 0) is 15.1 Å². The van der Waals surface area contributed by atoms with Crippen LogP contribution in [0.25, 0.3) is 5.76 Å². The lowest BCUT2D eigenvalue weighted by molar-refractivity contribution is -0.271. The van der Waals surface area contributed by atoms with Crippen LogP contribution in [0.15, 0.2) is 77.8 Å². The molecule has 0 radical (unpaired) electrons. The number of aliphatic imine (C=N–C) groups is 1. The van der Waals surface area contributed by atoms with Gasteiger partial charge in [0.05, 0.1) is 6.61 Å². The quantitative estimate of drug-likeness (QED) is 0.139. The summed E-state index contributed by atoms with van der Waals surface area (Å²) in [5.74, 6) is -2.48. The predicted molar refractivity (Wildman–Crippen MR) is 187 cm³/mol. The van der Waals surface area contributed by atoms with E-state index in [0.717, 1.165) is 18.6 Å². The van der Waals surface area contributed by atoms with Crippen LogP contribution in [0.5, 0.6) is 34.5 Å². The highest BCUT2D eigenvalue weighted by molar-refractivity contribution is 6.14. The fourth-order valence-electron chi connectivity index (χ4n) is 6.92. The molecule has 6 unspecified atom stereocenters. The van der Waals surface area contributed by atoms with Crippen LogP contribution in [0.1, 0.15) is 54.9 Å². The number of nitrogens with one attached hydrogen (secondary N) is 1. The number of amidine groups is 1. The minimum absolute atomic E-state index is 0.00674. The first kappa shape index (κ1) is 35.8. The van der Waals surface area contributed by atoms with E-state index in [0.29, 0.717) is 42.7 Å². The summed E-state index contributed by atoms with van der Waals surface area (Å²) in [7, 11) is 0. The largest absolute Gasteiger partial charge is 0.508 e. The second-order valence-corrected chi connectivity index (χ2v) is 13.2. The molecule has 1 saturated carbocycles. The van der Waals surface area contributed by atoms with E-state index in [-0.39, 0.29) is 40.2 Å². The van der Waals surface area contributed by atoms with Crippen LogP contribution in [0, 0.1) is 5.41 Å². The fraction of sp³-hybridized carbons (Fsp3) is 0.342. The topological polar surface area (TPSA) is 241 Å². The highest BCUT2D eigenvalue weighted by atomic mass is 16.7. The number of carboxylic acids is 1. The summed E-state index contributed by atoms with van der Waals surface area (Å²) in [5.41, 5.74) is 0.742. The van der Waals surface area contributed by atoms with Crippen molar-refractivity contribution in [1.29, 1.82) is 5.41 Å². The zero-order valence-electron chi connectivity index (χ0n) is 28.2. The van der Waals surface area contributed by atoms with Crippen LogP contribution >= 0.6 is 0 Å². The number of aliphatic carboxylic acids is 1. The number of aliphatic hydroxyl groups excluding tert-OH is 4. The highest BCUT2D eigenvalue weighted by Gasteiger charge is 2.49. The van der Waals surface area contributed by atoms with E-state index in [4.69, 9.17) is 29.1 Å². The Morgan fingerprint density at radius 2 is 1.72 bits per heavy atom. The number of nitrogens with zero attached hydrogens (tertiary/aromatic N) is 1. The molecule has 15 heteroatoms. The van der Waals surface area contributed by atoms with Crippen LogP contribution < -0.4 is 18.9 Å². The molecule has 6 atom stereocenters. The Morgan fingerprint density at radius 1 is 0.962 bits per heavy atom. The summed E-state index contributed by atoms with van der Waals surface area (Å²) < 4.78 is 30.0. The number of fused-ring (bicyclic) bond motifs is 1. The number of benzene rings is 3. The van der Waals surface area contributed by atoms with E-state index in [2.05, 4.69) is 4.99 Å². The normalized spacial score (nSPS) is 25.9. The Hall–Kier alpha value is -5.61. The SMILES string of the molecule is N=C1C=CC(CCOc2ccc(C3C=C(O)c4c(cc(OC5OC(C(=O)O)C(O)C(O)C5O)c(OC5(c6cccc(O)c6)CCCC5)c4O)O3)cc2)=N1. The third kappa shape index (κ3) is 7.11. The molecule has 3 aromatic carbocycles. The molecule has 1 saturated heterocycles. The lowest BCUT2D eigenvalue weighted by Gasteiger charge is -2.39. The average molecular weight is 731 g/mol. The lowest BCUT2D eigenvalue weighted by Crippen LogP contribution is -2.61. The van der Waals surface area contributed by atoms with Gasteiger partial charge in [-0.25, -0.2) is 9.79 Å². The van der Waals surface area contributed by atoms with Gasteiger partial charge in [-0.05, 0) is 73.2 Å². The summed E-state index contributed by atoms with van der Waals surface area (Å²) in [6, 6.07) is 14.7. The molecule has 8 N–H and O–H groups in total. The second-order valence-electron chi connectivity index (χ2n) is 13.2. The van der Waals surface area contributed by atoms with Crippen molar-refractivity contribution in [3.63, 3.8) is 0 Å². The zero-order valence-corrected chi connectivity index (χ0v) is 28.2. The van der Waals surface area contributed by atoms with Crippen molar-refractivity contribution in [2.75, 3.05) is 6.61 Å². The van der Waals surface area contributed by atoms with Crippen molar-refractivity contribution in [2.45, 2.75) is 74.5 Å². The number of rotatable bonds is 11. The lowest BCUT2D eigenvalue weighted by atomic mass is 9.91. The number of allylic oxidation sites excluding steroid dienone is 1. The number of carboxylic acid groups (broad SMARTS) is 1. The second kappa shape index (κ2) is 14.4. The molecule has 0 amide bonds. The van der Waals surface area contributed by atoms with Crippen LogP contribution in [0.2, 0.25) is 0 Å². The smallest absolute Gasteiger partial charge is 0.335 e. The fourth-order valence-corrected chi connectivity index (χ4v) is 6.92. The molecule has 15 nitrogen and oxygen atoms in total. The summed E-state index contributed by atoms with van der Waals surface area (Å²) in [4.78, 5) is 15.9. The first-order valence-corrected chi connectivity index (χ1v) is 17.0. The van der Waals surface area contributed by atoms with E-state index in [1.807, 2.05) is 0 Å². The van der Waals surface area contributed by atoms with Gasteiger partial charge in [0.25, 0.3) is 0 Å². The summed E-state index contributed by atoms with van der Waals surface area (Å²) in [6.45, 7) is 0.339. The maximum absolute atomic E-state index is 11.8. The highest BCUT2D eigenvalue weighted by Crippen LogP contribution is 2.54. The standard InChI is InChI=1S/C38H38N2O13/c39-28-11-8-21(40-28)12-15-49-23-9-6-19(7-10-23)25-17-24(42)29-26(50-25)18-27(51-37-33(46)31(44)32(45)35(52-37)36(47)48)34(30(29)43)53-38(13-1-2-14-38)20-4-3-5-22(41)16-20/h3-11,16-18,25,31-33,35,37,39,41-46H,1-2,12-15H2,(H,47,48). The molecular weight excluding hydrogens is 692 g/mol. The maximum atomic E-state index is 11.8. The van der Waals surface area contributed by atoms with E-state index in [1.54, 1.807) is 54.6 Å². The van der Waals surface area contributed by atoms with E-state index >= 15 is 0 Å². The van der Waals surface area contributed by atoms with Crippen LogP contribution in [0.4, 0.5) is 0 Å². The molecule has 2 fully saturated rings. The molecule has 4 aliphatic rings. The van der Waals surface area contributed by atoms with Gasteiger partial charge in [0.1, 0.15) is 64.4 Å². The van der Waals surface area contributed by atoms with Gasteiger partial charge in [0.15, 0.2) is 17.6 Å². The molecule has 3 aliphatic heterocycles. The first-order chi connectivity index (χ1) is 25.4. The third-order valence-electron chi connectivity index (χ3n) is 9.67. The van der Waals surface area contributed by atoms with Gasteiger partial charge in [0.2, 0.25) is 12.0 Å².